The summed E-state index contributed by atoms with van der Waals surface area (Å²) in [7, 11) is 0. The summed E-state index contributed by atoms with van der Waals surface area (Å²) in [6.45, 7) is 0.832. The van der Waals surface area contributed by atoms with Crippen molar-refractivity contribution in [2.75, 3.05) is 13.2 Å². The second-order valence-electron chi connectivity index (χ2n) is 4.34. The Balaban J connectivity index is 1.70. The molecule has 0 atom stereocenters. The first-order chi connectivity index (χ1) is 8.28. The van der Waals surface area contributed by atoms with Gasteiger partial charge in [-0.15, -0.1) is 0 Å². The normalized spacial score (nSPS) is 14.4. The van der Waals surface area contributed by atoms with Crippen LogP contribution >= 0.6 is 0 Å². The second kappa shape index (κ2) is 5.68. The number of carbonyl (C=O) groups excluding carboxylic acids is 1. The number of amides is 1. The van der Waals surface area contributed by atoms with E-state index in [1.807, 2.05) is 0 Å². The number of rotatable bonds is 6. The lowest BCUT2D eigenvalue weighted by Crippen LogP contribution is -2.30. The van der Waals surface area contributed by atoms with E-state index in [4.69, 9.17) is 9.84 Å². The van der Waals surface area contributed by atoms with E-state index in [-0.39, 0.29) is 19.1 Å². The third-order valence-electron chi connectivity index (χ3n) is 2.76. The lowest BCUT2D eigenvalue weighted by Gasteiger charge is -2.07. The first-order valence-corrected chi connectivity index (χ1v) is 5.87. The van der Waals surface area contributed by atoms with Crippen LogP contribution in [0.2, 0.25) is 0 Å². The van der Waals surface area contributed by atoms with E-state index in [1.54, 1.807) is 24.3 Å². The van der Waals surface area contributed by atoms with Crippen LogP contribution in [-0.4, -0.2) is 24.2 Å². The molecule has 0 heterocycles. The average molecular weight is 235 g/mol. The molecule has 17 heavy (non-hydrogen) atoms. The maximum Gasteiger partial charge on any atom is 0.257 e. The molecular formula is C13H17NO3. The minimum absolute atomic E-state index is 0.0160. The molecule has 1 amide bonds. The lowest BCUT2D eigenvalue weighted by atomic mass is 10.2. The van der Waals surface area contributed by atoms with E-state index < -0.39 is 0 Å². The molecule has 4 nitrogen and oxygen atoms in total. The Kier molecular flexibility index (Phi) is 3.98. The maximum absolute atomic E-state index is 11.4. The smallest absolute Gasteiger partial charge is 0.257 e. The third kappa shape index (κ3) is 4.07. The standard InChI is InChI=1S/C13H17NO3/c15-8-11-3-5-12(6-4-11)17-9-13(16)14-7-10-1-2-10/h3-6,10,15H,1-2,7-9H2,(H,14,16). The van der Waals surface area contributed by atoms with Gasteiger partial charge < -0.3 is 15.2 Å². The molecule has 1 saturated carbocycles. The van der Waals surface area contributed by atoms with Gasteiger partial charge in [0.1, 0.15) is 5.75 Å². The lowest BCUT2D eigenvalue weighted by molar-refractivity contribution is -0.123. The summed E-state index contributed by atoms with van der Waals surface area (Å²) in [6, 6.07) is 7.05. The molecule has 2 N–H and O–H groups in total. The highest BCUT2D eigenvalue weighted by molar-refractivity contribution is 5.77. The summed E-state index contributed by atoms with van der Waals surface area (Å²) in [4.78, 5) is 11.4. The highest BCUT2D eigenvalue weighted by Gasteiger charge is 2.21. The highest BCUT2D eigenvalue weighted by Crippen LogP contribution is 2.27. The third-order valence-corrected chi connectivity index (χ3v) is 2.76. The Morgan fingerprint density at radius 2 is 2.06 bits per heavy atom. The van der Waals surface area contributed by atoms with Crippen LogP contribution in [0.5, 0.6) is 5.75 Å². The van der Waals surface area contributed by atoms with E-state index in [2.05, 4.69) is 5.32 Å². The summed E-state index contributed by atoms with van der Waals surface area (Å²) in [5, 5.41) is 11.7. The number of aliphatic hydroxyl groups is 1. The Morgan fingerprint density at radius 3 is 2.65 bits per heavy atom. The number of carbonyl (C=O) groups is 1. The van der Waals surface area contributed by atoms with Gasteiger partial charge in [-0.1, -0.05) is 12.1 Å². The first kappa shape index (κ1) is 11.9. The van der Waals surface area contributed by atoms with Crippen molar-refractivity contribution in [2.24, 2.45) is 5.92 Å². The Bertz CT molecular complexity index is 371. The van der Waals surface area contributed by atoms with Crippen LogP contribution in [0, 0.1) is 5.92 Å². The number of nitrogens with one attached hydrogen (secondary N) is 1. The molecule has 1 fully saturated rings. The van der Waals surface area contributed by atoms with Gasteiger partial charge in [0, 0.05) is 6.54 Å². The molecule has 1 aliphatic rings. The van der Waals surface area contributed by atoms with Gasteiger partial charge in [-0.2, -0.15) is 0 Å². The monoisotopic (exact) mass is 235 g/mol. The summed E-state index contributed by atoms with van der Waals surface area (Å²) in [5.41, 5.74) is 0.829. The maximum atomic E-state index is 11.4. The van der Waals surface area contributed by atoms with Crippen LogP contribution in [-0.2, 0) is 11.4 Å². The quantitative estimate of drug-likeness (QED) is 0.775. The fourth-order valence-corrected chi connectivity index (χ4v) is 1.47. The zero-order chi connectivity index (χ0) is 12.1. The molecule has 0 unspecified atom stereocenters. The molecule has 0 aliphatic heterocycles. The zero-order valence-corrected chi connectivity index (χ0v) is 9.69. The molecule has 92 valence electrons. The van der Waals surface area contributed by atoms with Crippen LogP contribution in [0.25, 0.3) is 0 Å². The molecule has 0 aromatic heterocycles. The van der Waals surface area contributed by atoms with Crippen molar-refractivity contribution < 1.29 is 14.6 Å². The van der Waals surface area contributed by atoms with Crippen molar-refractivity contribution in [3.05, 3.63) is 29.8 Å². The van der Waals surface area contributed by atoms with Crippen LogP contribution < -0.4 is 10.1 Å². The molecule has 0 spiro atoms. The van der Waals surface area contributed by atoms with Crippen molar-refractivity contribution in [1.82, 2.24) is 5.32 Å². The van der Waals surface area contributed by atoms with Gasteiger partial charge in [0.15, 0.2) is 6.61 Å². The van der Waals surface area contributed by atoms with E-state index in [1.165, 1.54) is 12.8 Å². The van der Waals surface area contributed by atoms with Crippen LogP contribution in [0.3, 0.4) is 0 Å². The molecule has 4 heteroatoms. The molecule has 0 radical (unpaired) electrons. The summed E-state index contributed by atoms with van der Waals surface area (Å²) in [6.07, 6.45) is 2.45. The van der Waals surface area contributed by atoms with Gasteiger partial charge in [-0.05, 0) is 36.5 Å². The van der Waals surface area contributed by atoms with Crippen molar-refractivity contribution in [3.63, 3.8) is 0 Å². The van der Waals surface area contributed by atoms with Gasteiger partial charge in [0.05, 0.1) is 6.61 Å². The number of ether oxygens (including phenoxy) is 1. The molecule has 0 bridgehead atoms. The Labute approximate surface area is 101 Å². The second-order valence-corrected chi connectivity index (χ2v) is 4.34. The van der Waals surface area contributed by atoms with Crippen molar-refractivity contribution in [1.29, 1.82) is 0 Å². The van der Waals surface area contributed by atoms with E-state index in [9.17, 15) is 4.79 Å². The molecule has 1 aliphatic carbocycles. The summed E-state index contributed by atoms with van der Waals surface area (Å²) < 4.78 is 5.33. The minimum atomic E-state index is -0.0804. The van der Waals surface area contributed by atoms with Crippen molar-refractivity contribution in [2.45, 2.75) is 19.4 Å². The predicted octanol–water partition coefficient (Wildman–Crippen LogP) is 1.08. The van der Waals surface area contributed by atoms with Gasteiger partial charge in [0.2, 0.25) is 0 Å². The largest absolute Gasteiger partial charge is 0.484 e. The van der Waals surface area contributed by atoms with Gasteiger partial charge >= 0.3 is 0 Å². The Hall–Kier alpha value is -1.55. The topological polar surface area (TPSA) is 58.6 Å². The zero-order valence-electron chi connectivity index (χ0n) is 9.69. The molecule has 1 aromatic carbocycles. The number of benzene rings is 1. The van der Waals surface area contributed by atoms with E-state index in [0.717, 1.165) is 12.1 Å². The summed E-state index contributed by atoms with van der Waals surface area (Å²) >= 11 is 0. The molecule has 2 rings (SSSR count). The average Bonchev–Trinajstić information content (AvgIpc) is 3.18. The fourth-order valence-electron chi connectivity index (χ4n) is 1.47. The van der Waals surface area contributed by atoms with Gasteiger partial charge in [-0.25, -0.2) is 0 Å². The number of hydrogen-bond acceptors (Lipinski definition) is 3. The number of aliphatic hydroxyl groups excluding tert-OH is 1. The first-order valence-electron chi connectivity index (χ1n) is 5.87. The van der Waals surface area contributed by atoms with Crippen LogP contribution in [0.15, 0.2) is 24.3 Å². The van der Waals surface area contributed by atoms with Crippen LogP contribution in [0.4, 0.5) is 0 Å². The summed E-state index contributed by atoms with van der Waals surface area (Å²) in [5.74, 6) is 1.25. The number of hydrogen-bond donors (Lipinski definition) is 2. The van der Waals surface area contributed by atoms with Crippen molar-refractivity contribution in [3.8, 4) is 5.75 Å². The van der Waals surface area contributed by atoms with Gasteiger partial charge in [0.25, 0.3) is 5.91 Å². The SMILES string of the molecule is O=C(COc1ccc(CO)cc1)NCC1CC1. The molecule has 1 aromatic rings. The van der Waals surface area contributed by atoms with E-state index in [0.29, 0.717) is 11.7 Å². The van der Waals surface area contributed by atoms with Crippen LogP contribution in [0.1, 0.15) is 18.4 Å². The highest BCUT2D eigenvalue weighted by atomic mass is 16.5. The van der Waals surface area contributed by atoms with Crippen molar-refractivity contribution >= 4 is 5.91 Å². The van der Waals surface area contributed by atoms with E-state index >= 15 is 0 Å². The fraction of sp³-hybridized carbons (Fsp3) is 0.462. The predicted molar refractivity (Wildman–Crippen MR) is 63.6 cm³/mol. The molecule has 0 saturated heterocycles. The minimum Gasteiger partial charge on any atom is -0.484 e. The van der Waals surface area contributed by atoms with Gasteiger partial charge in [-0.3, -0.25) is 4.79 Å². The molecular weight excluding hydrogens is 218 g/mol. The Morgan fingerprint density at radius 1 is 1.35 bits per heavy atom.